The molecule has 194 valence electrons. The second-order valence-electron chi connectivity index (χ2n) is 9.27. The molecular weight excluding hydrogens is 518 g/mol. The molecule has 6 aromatic rings. The third kappa shape index (κ3) is 4.98. The fraction of sp³-hybridized carbons (Fsp3) is 0.0606. The smallest absolute Gasteiger partial charge is 0.151 e. The van der Waals surface area contributed by atoms with E-state index in [2.05, 4.69) is 6.07 Å². The molecule has 0 N–H and O–H groups in total. The molecular formula is C33H24ClN5O. The van der Waals surface area contributed by atoms with Crippen molar-refractivity contribution in [3.63, 3.8) is 0 Å². The third-order valence-corrected chi connectivity index (χ3v) is 7.04. The van der Waals surface area contributed by atoms with Crippen molar-refractivity contribution in [2.45, 2.75) is 6.61 Å². The number of aryl methyl sites for hydroxylation is 1. The van der Waals surface area contributed by atoms with Gasteiger partial charge in [-0.25, -0.2) is 9.67 Å². The van der Waals surface area contributed by atoms with Crippen LogP contribution in [-0.4, -0.2) is 19.3 Å². The molecule has 0 saturated heterocycles. The van der Waals surface area contributed by atoms with E-state index < -0.39 is 0 Å². The number of hydrogen-bond donors (Lipinski definition) is 0. The van der Waals surface area contributed by atoms with E-state index in [-0.39, 0.29) is 0 Å². The minimum Gasteiger partial charge on any atom is -0.489 e. The maximum absolute atomic E-state index is 10.2. The van der Waals surface area contributed by atoms with Crippen LogP contribution in [0.25, 0.3) is 39.6 Å². The maximum atomic E-state index is 10.2. The number of rotatable bonds is 7. The Kier molecular flexibility index (Phi) is 6.88. The Morgan fingerprint density at radius 2 is 1.73 bits per heavy atom. The predicted molar refractivity (Wildman–Crippen MR) is 159 cm³/mol. The predicted octanol–water partition coefficient (Wildman–Crippen LogP) is 7.72. The van der Waals surface area contributed by atoms with Crippen LogP contribution in [-0.2, 0) is 13.7 Å². The normalized spacial score (nSPS) is 11.5. The first-order valence-corrected chi connectivity index (χ1v) is 13.1. The number of nitriles is 1. The number of fused-ring (bicyclic) bond motifs is 1. The van der Waals surface area contributed by atoms with Gasteiger partial charge in [-0.2, -0.15) is 10.4 Å². The average molecular weight is 542 g/mol. The molecule has 2 heterocycles. The number of allylic oxidation sites excluding steroid dienone is 1. The standard InChI is InChI=1S/C33H24ClN5O/c1-38-31-17-8-7-16-30(31)36-33(38)25(20-35)18-26-21-39(27-12-3-2-4-13-27)37-32(26)23-11-9-14-28(19-23)40-22-24-10-5-6-15-29(24)34/h2-19,21H,22H2,1H3. The summed E-state index contributed by atoms with van der Waals surface area (Å²) in [5.74, 6) is 1.29. The van der Waals surface area contributed by atoms with Crippen LogP contribution in [0.4, 0.5) is 0 Å². The van der Waals surface area contributed by atoms with E-state index >= 15 is 0 Å². The van der Waals surface area contributed by atoms with Crippen LogP contribution >= 0.6 is 11.6 Å². The van der Waals surface area contributed by atoms with Gasteiger partial charge < -0.3 is 9.30 Å². The first-order chi connectivity index (χ1) is 19.6. The lowest BCUT2D eigenvalue weighted by Gasteiger charge is -2.09. The van der Waals surface area contributed by atoms with Crippen molar-refractivity contribution in [2.24, 2.45) is 7.05 Å². The van der Waals surface area contributed by atoms with Gasteiger partial charge in [0.05, 0.1) is 22.3 Å². The molecule has 4 aromatic carbocycles. The van der Waals surface area contributed by atoms with Crippen LogP contribution in [0.15, 0.2) is 109 Å². The number of imidazole rings is 1. The summed E-state index contributed by atoms with van der Waals surface area (Å²) in [5, 5.41) is 15.8. The highest BCUT2D eigenvalue weighted by Crippen LogP contribution is 2.31. The number of aromatic nitrogens is 4. The zero-order chi connectivity index (χ0) is 27.5. The van der Waals surface area contributed by atoms with E-state index in [1.807, 2.05) is 132 Å². The van der Waals surface area contributed by atoms with Gasteiger partial charge in [0.15, 0.2) is 5.82 Å². The number of halogens is 1. The highest BCUT2D eigenvalue weighted by Gasteiger charge is 2.17. The summed E-state index contributed by atoms with van der Waals surface area (Å²) < 4.78 is 9.85. The van der Waals surface area contributed by atoms with E-state index in [9.17, 15) is 5.26 Å². The highest BCUT2D eigenvalue weighted by molar-refractivity contribution is 6.31. The monoisotopic (exact) mass is 541 g/mol. The Balaban J connectivity index is 1.42. The highest BCUT2D eigenvalue weighted by atomic mass is 35.5. The summed E-state index contributed by atoms with van der Waals surface area (Å²) in [6, 6.07) is 35.5. The van der Waals surface area contributed by atoms with Crippen LogP contribution in [0, 0.1) is 11.3 Å². The summed E-state index contributed by atoms with van der Waals surface area (Å²) in [7, 11) is 1.92. The van der Waals surface area contributed by atoms with Gasteiger partial charge in [0.25, 0.3) is 0 Å². The summed E-state index contributed by atoms with van der Waals surface area (Å²) in [5.41, 5.74) is 6.43. The van der Waals surface area contributed by atoms with Crippen molar-refractivity contribution in [1.82, 2.24) is 19.3 Å². The fourth-order valence-corrected chi connectivity index (χ4v) is 4.82. The molecule has 0 aliphatic carbocycles. The van der Waals surface area contributed by atoms with Gasteiger partial charge in [-0.05, 0) is 48.5 Å². The molecule has 6 nitrogen and oxygen atoms in total. The molecule has 6 rings (SSSR count). The number of benzene rings is 4. The zero-order valence-corrected chi connectivity index (χ0v) is 22.5. The first kappa shape index (κ1) is 25.2. The first-order valence-electron chi connectivity index (χ1n) is 12.8. The van der Waals surface area contributed by atoms with Crippen molar-refractivity contribution < 1.29 is 4.74 Å². The Morgan fingerprint density at radius 3 is 2.52 bits per heavy atom. The number of hydrogen-bond acceptors (Lipinski definition) is 4. The average Bonchev–Trinajstić information content (AvgIpc) is 3.57. The van der Waals surface area contributed by atoms with Gasteiger partial charge in [0, 0.05) is 35.0 Å². The Morgan fingerprint density at radius 1 is 0.950 bits per heavy atom. The molecule has 0 amide bonds. The minimum atomic E-state index is 0.347. The van der Waals surface area contributed by atoms with Crippen molar-refractivity contribution in [1.29, 1.82) is 5.26 Å². The van der Waals surface area contributed by atoms with E-state index in [0.29, 0.717) is 28.8 Å². The summed E-state index contributed by atoms with van der Waals surface area (Å²) in [6.07, 6.45) is 3.78. The van der Waals surface area contributed by atoms with Crippen LogP contribution < -0.4 is 4.74 Å². The molecule has 40 heavy (non-hydrogen) atoms. The van der Waals surface area contributed by atoms with E-state index in [4.69, 9.17) is 26.4 Å². The van der Waals surface area contributed by atoms with E-state index in [1.165, 1.54) is 0 Å². The number of ether oxygens (including phenoxy) is 1. The number of para-hydroxylation sites is 3. The van der Waals surface area contributed by atoms with Gasteiger partial charge in [0.2, 0.25) is 0 Å². The van der Waals surface area contributed by atoms with Crippen molar-refractivity contribution in [2.75, 3.05) is 0 Å². The SMILES string of the molecule is Cn1c(C(C#N)=Cc2cn(-c3ccccc3)nc2-c2cccc(OCc3ccccc3Cl)c2)nc2ccccc21. The van der Waals surface area contributed by atoms with Crippen molar-refractivity contribution in [3.8, 4) is 28.8 Å². The van der Waals surface area contributed by atoms with Crippen LogP contribution in [0.5, 0.6) is 5.75 Å². The van der Waals surface area contributed by atoms with Gasteiger partial charge in [0.1, 0.15) is 24.1 Å². The van der Waals surface area contributed by atoms with Crippen LogP contribution in [0.3, 0.4) is 0 Å². The van der Waals surface area contributed by atoms with Crippen molar-refractivity contribution >= 4 is 34.3 Å². The second kappa shape index (κ2) is 10.9. The molecule has 0 unspecified atom stereocenters. The molecule has 7 heteroatoms. The zero-order valence-electron chi connectivity index (χ0n) is 21.7. The van der Waals surface area contributed by atoms with Gasteiger partial charge >= 0.3 is 0 Å². The molecule has 0 saturated carbocycles. The minimum absolute atomic E-state index is 0.347. The molecule has 0 spiro atoms. The lowest BCUT2D eigenvalue weighted by Crippen LogP contribution is -1.97. The second-order valence-corrected chi connectivity index (χ2v) is 9.68. The maximum Gasteiger partial charge on any atom is 0.151 e. The molecule has 0 aliphatic heterocycles. The van der Waals surface area contributed by atoms with Crippen LogP contribution in [0.2, 0.25) is 5.02 Å². The third-order valence-electron chi connectivity index (χ3n) is 6.67. The lowest BCUT2D eigenvalue weighted by atomic mass is 10.1. The van der Waals surface area contributed by atoms with Gasteiger partial charge in [-0.15, -0.1) is 0 Å². The van der Waals surface area contributed by atoms with Gasteiger partial charge in [-0.3, -0.25) is 0 Å². The summed E-state index contributed by atoms with van der Waals surface area (Å²) in [6.45, 7) is 0.347. The molecule has 0 fully saturated rings. The van der Waals surface area contributed by atoms with E-state index in [1.54, 1.807) is 0 Å². The Bertz CT molecular complexity index is 1900. The topological polar surface area (TPSA) is 68.7 Å². The Labute approximate surface area is 237 Å². The molecule has 0 bridgehead atoms. The van der Waals surface area contributed by atoms with Crippen molar-refractivity contribution in [3.05, 3.63) is 131 Å². The van der Waals surface area contributed by atoms with Crippen LogP contribution in [0.1, 0.15) is 17.0 Å². The number of nitrogens with zero attached hydrogens (tertiary/aromatic N) is 5. The quantitative estimate of drug-likeness (QED) is 0.194. The molecule has 0 atom stereocenters. The Hall–Kier alpha value is -5.12. The molecule has 2 aromatic heterocycles. The largest absolute Gasteiger partial charge is 0.489 e. The lowest BCUT2D eigenvalue weighted by molar-refractivity contribution is 0.306. The molecule has 0 radical (unpaired) electrons. The molecule has 0 aliphatic rings. The summed E-state index contributed by atoms with van der Waals surface area (Å²) >= 11 is 6.32. The fourth-order valence-electron chi connectivity index (χ4n) is 4.63. The summed E-state index contributed by atoms with van der Waals surface area (Å²) in [4.78, 5) is 4.74. The van der Waals surface area contributed by atoms with E-state index in [0.717, 1.165) is 39.1 Å². The van der Waals surface area contributed by atoms with Gasteiger partial charge in [-0.1, -0.05) is 72.3 Å².